The summed E-state index contributed by atoms with van der Waals surface area (Å²) >= 11 is 9.41. The molecule has 0 spiro atoms. The van der Waals surface area contributed by atoms with E-state index in [1.54, 1.807) is 19.1 Å². The molecule has 2 aromatic rings. The van der Waals surface area contributed by atoms with Crippen molar-refractivity contribution in [2.75, 3.05) is 0 Å². The van der Waals surface area contributed by atoms with Crippen molar-refractivity contribution < 1.29 is 5.11 Å². The number of hydrogen-bond acceptors (Lipinski definition) is 1. The predicted molar refractivity (Wildman–Crippen MR) is 74.3 cm³/mol. The zero-order valence-corrected chi connectivity index (χ0v) is 11.7. The number of hydrogen-bond donors (Lipinski definition) is 1. The summed E-state index contributed by atoms with van der Waals surface area (Å²) in [5.74, 6) is 0. The topological polar surface area (TPSA) is 20.2 Å². The van der Waals surface area contributed by atoms with Crippen molar-refractivity contribution in [3.8, 4) is 0 Å². The Morgan fingerprint density at radius 1 is 1.12 bits per heavy atom. The van der Waals surface area contributed by atoms with Crippen LogP contribution < -0.4 is 0 Å². The lowest BCUT2D eigenvalue weighted by molar-refractivity contribution is 0.101. The molecule has 2 aromatic carbocycles. The van der Waals surface area contributed by atoms with Gasteiger partial charge >= 0.3 is 0 Å². The van der Waals surface area contributed by atoms with Crippen molar-refractivity contribution in [1.29, 1.82) is 0 Å². The molecule has 88 valence electrons. The standard InChI is InChI=1S/C14H12BrClO/c1-14(17,10-5-4-6-11(16)9-10)12-7-2-3-8-13(12)15/h2-9,17H,1H3. The summed E-state index contributed by atoms with van der Waals surface area (Å²) in [5, 5.41) is 11.3. The normalized spacial score (nSPS) is 14.4. The van der Waals surface area contributed by atoms with Crippen molar-refractivity contribution in [2.45, 2.75) is 12.5 Å². The van der Waals surface area contributed by atoms with Gasteiger partial charge in [-0.15, -0.1) is 0 Å². The van der Waals surface area contributed by atoms with Crippen LogP contribution in [-0.4, -0.2) is 5.11 Å². The highest BCUT2D eigenvalue weighted by atomic mass is 79.9. The van der Waals surface area contributed by atoms with Crippen LogP contribution >= 0.6 is 27.5 Å². The smallest absolute Gasteiger partial charge is 0.113 e. The van der Waals surface area contributed by atoms with Crippen molar-refractivity contribution >= 4 is 27.5 Å². The van der Waals surface area contributed by atoms with Crippen LogP contribution in [-0.2, 0) is 5.60 Å². The van der Waals surface area contributed by atoms with Gasteiger partial charge in [0.05, 0.1) is 0 Å². The largest absolute Gasteiger partial charge is 0.381 e. The second kappa shape index (κ2) is 4.81. The SMILES string of the molecule is CC(O)(c1cccc(Cl)c1)c1ccccc1Br. The summed E-state index contributed by atoms with van der Waals surface area (Å²) in [5.41, 5.74) is 0.532. The Kier molecular flexibility index (Phi) is 3.57. The highest BCUT2D eigenvalue weighted by molar-refractivity contribution is 9.10. The van der Waals surface area contributed by atoms with E-state index in [0.717, 1.165) is 15.6 Å². The van der Waals surface area contributed by atoms with Crippen molar-refractivity contribution in [3.63, 3.8) is 0 Å². The Morgan fingerprint density at radius 2 is 1.82 bits per heavy atom. The van der Waals surface area contributed by atoms with Crippen LogP contribution in [0.1, 0.15) is 18.1 Å². The molecule has 0 bridgehead atoms. The van der Waals surface area contributed by atoms with E-state index in [1.807, 2.05) is 36.4 Å². The molecule has 1 atom stereocenters. The fourth-order valence-electron chi connectivity index (χ4n) is 1.80. The van der Waals surface area contributed by atoms with Crippen LogP contribution in [0.25, 0.3) is 0 Å². The summed E-state index contributed by atoms with van der Waals surface area (Å²) in [6.07, 6.45) is 0. The number of halogens is 2. The third-order valence-corrected chi connectivity index (χ3v) is 3.71. The zero-order valence-electron chi connectivity index (χ0n) is 9.32. The van der Waals surface area contributed by atoms with E-state index in [2.05, 4.69) is 15.9 Å². The average Bonchev–Trinajstić information content (AvgIpc) is 2.29. The lowest BCUT2D eigenvalue weighted by Gasteiger charge is -2.25. The van der Waals surface area contributed by atoms with Crippen molar-refractivity contribution in [3.05, 3.63) is 69.2 Å². The molecule has 0 amide bonds. The van der Waals surface area contributed by atoms with E-state index in [4.69, 9.17) is 11.6 Å². The molecular formula is C14H12BrClO. The van der Waals surface area contributed by atoms with E-state index in [0.29, 0.717) is 5.02 Å². The third-order valence-electron chi connectivity index (χ3n) is 2.79. The minimum atomic E-state index is -1.06. The van der Waals surface area contributed by atoms with Gasteiger partial charge in [0.2, 0.25) is 0 Å². The van der Waals surface area contributed by atoms with Crippen molar-refractivity contribution in [2.24, 2.45) is 0 Å². The van der Waals surface area contributed by atoms with Crippen LogP contribution in [0, 0.1) is 0 Å². The summed E-state index contributed by atoms with van der Waals surface area (Å²) in [7, 11) is 0. The zero-order chi connectivity index (χ0) is 12.5. The first-order chi connectivity index (χ1) is 8.01. The van der Waals surface area contributed by atoms with E-state index >= 15 is 0 Å². The molecule has 17 heavy (non-hydrogen) atoms. The Bertz CT molecular complexity index is 537. The van der Waals surface area contributed by atoms with Crippen LogP contribution in [0.2, 0.25) is 5.02 Å². The predicted octanol–water partition coefficient (Wildman–Crippen LogP) is 4.36. The monoisotopic (exact) mass is 310 g/mol. The van der Waals surface area contributed by atoms with Gasteiger partial charge in [0.15, 0.2) is 0 Å². The van der Waals surface area contributed by atoms with E-state index in [9.17, 15) is 5.11 Å². The highest BCUT2D eigenvalue weighted by Gasteiger charge is 2.27. The van der Waals surface area contributed by atoms with Gasteiger partial charge in [0.25, 0.3) is 0 Å². The maximum atomic E-state index is 10.7. The molecule has 0 aliphatic heterocycles. The van der Waals surface area contributed by atoms with E-state index in [-0.39, 0.29) is 0 Å². The van der Waals surface area contributed by atoms with Crippen LogP contribution in [0.3, 0.4) is 0 Å². The molecule has 1 unspecified atom stereocenters. The molecule has 0 saturated carbocycles. The molecule has 0 aliphatic carbocycles. The maximum Gasteiger partial charge on any atom is 0.113 e. The van der Waals surface area contributed by atoms with Gasteiger partial charge in [-0.25, -0.2) is 0 Å². The second-order valence-corrected chi connectivity index (χ2v) is 5.35. The number of benzene rings is 2. The summed E-state index contributed by atoms with van der Waals surface area (Å²) in [6, 6.07) is 14.9. The molecule has 0 aromatic heterocycles. The highest BCUT2D eigenvalue weighted by Crippen LogP contribution is 2.34. The van der Waals surface area contributed by atoms with Crippen LogP contribution in [0.4, 0.5) is 0 Å². The number of aliphatic hydroxyl groups is 1. The fraction of sp³-hybridized carbons (Fsp3) is 0.143. The van der Waals surface area contributed by atoms with Gasteiger partial charge in [-0.2, -0.15) is 0 Å². The van der Waals surface area contributed by atoms with Gasteiger partial charge in [0, 0.05) is 15.1 Å². The Labute approximate surface area is 114 Å². The van der Waals surface area contributed by atoms with Crippen molar-refractivity contribution in [1.82, 2.24) is 0 Å². The third kappa shape index (κ3) is 2.54. The lowest BCUT2D eigenvalue weighted by Crippen LogP contribution is -2.23. The first-order valence-electron chi connectivity index (χ1n) is 5.25. The molecule has 0 radical (unpaired) electrons. The minimum Gasteiger partial charge on any atom is -0.381 e. The van der Waals surface area contributed by atoms with Gasteiger partial charge < -0.3 is 5.11 Å². The summed E-state index contributed by atoms with van der Waals surface area (Å²) in [6.45, 7) is 1.76. The van der Waals surface area contributed by atoms with Gasteiger partial charge in [-0.05, 0) is 30.7 Å². The molecule has 0 fully saturated rings. The lowest BCUT2D eigenvalue weighted by atomic mass is 9.88. The molecular weight excluding hydrogens is 300 g/mol. The Hall–Kier alpha value is -0.830. The molecule has 0 aliphatic rings. The number of rotatable bonds is 2. The Morgan fingerprint density at radius 3 is 2.47 bits per heavy atom. The van der Waals surface area contributed by atoms with E-state index < -0.39 is 5.60 Å². The van der Waals surface area contributed by atoms with Gasteiger partial charge in [-0.1, -0.05) is 57.9 Å². The Balaban J connectivity index is 2.53. The fourth-order valence-corrected chi connectivity index (χ4v) is 2.66. The quantitative estimate of drug-likeness (QED) is 0.874. The van der Waals surface area contributed by atoms with Gasteiger partial charge in [-0.3, -0.25) is 0 Å². The first-order valence-corrected chi connectivity index (χ1v) is 6.42. The summed E-state index contributed by atoms with van der Waals surface area (Å²) < 4.78 is 0.880. The minimum absolute atomic E-state index is 0.620. The summed E-state index contributed by atoms with van der Waals surface area (Å²) in [4.78, 5) is 0. The molecule has 0 saturated heterocycles. The van der Waals surface area contributed by atoms with Gasteiger partial charge in [0.1, 0.15) is 5.60 Å². The second-order valence-electron chi connectivity index (χ2n) is 4.06. The molecule has 1 N–H and O–H groups in total. The maximum absolute atomic E-state index is 10.7. The van der Waals surface area contributed by atoms with Crippen LogP contribution in [0.15, 0.2) is 53.0 Å². The molecule has 2 rings (SSSR count). The molecule has 0 heterocycles. The van der Waals surface area contributed by atoms with Crippen LogP contribution in [0.5, 0.6) is 0 Å². The first kappa shape index (κ1) is 12.6. The van der Waals surface area contributed by atoms with E-state index in [1.165, 1.54) is 0 Å². The average molecular weight is 312 g/mol. The molecule has 1 nitrogen and oxygen atoms in total. The molecule has 3 heteroatoms.